The maximum absolute atomic E-state index is 11.2. The number of hydrogen-bond acceptors (Lipinski definition) is 4. The molecule has 0 aliphatic carbocycles. The van der Waals surface area contributed by atoms with Crippen molar-refractivity contribution in [1.29, 1.82) is 0 Å². The second kappa shape index (κ2) is 5.08. The molecule has 0 spiro atoms. The summed E-state index contributed by atoms with van der Waals surface area (Å²) in [6, 6.07) is 9.99. The first-order chi connectivity index (χ1) is 8.81. The fraction of sp³-hybridized carbons (Fsp3) is 0.500. The molecule has 0 N–H and O–H groups in total. The van der Waals surface area contributed by atoms with Gasteiger partial charge in [0.05, 0.1) is 13.0 Å². The third-order valence-electron chi connectivity index (χ3n) is 3.36. The van der Waals surface area contributed by atoms with Crippen LogP contribution in [0.1, 0.15) is 24.8 Å². The zero-order valence-corrected chi connectivity index (χ0v) is 10.1. The minimum Gasteiger partial charge on any atom is -0.459 e. The highest BCUT2D eigenvalue weighted by atomic mass is 16.7. The van der Waals surface area contributed by atoms with Crippen LogP contribution in [-0.2, 0) is 25.6 Å². The van der Waals surface area contributed by atoms with Crippen molar-refractivity contribution in [3.63, 3.8) is 0 Å². The van der Waals surface area contributed by atoms with Crippen LogP contribution in [0.2, 0.25) is 0 Å². The maximum Gasteiger partial charge on any atom is 0.308 e. The predicted octanol–water partition coefficient (Wildman–Crippen LogP) is 2.02. The highest BCUT2D eigenvalue weighted by Crippen LogP contribution is 2.30. The smallest absolute Gasteiger partial charge is 0.308 e. The summed E-state index contributed by atoms with van der Waals surface area (Å²) in [6.07, 6.45) is 1.56. The van der Waals surface area contributed by atoms with Crippen LogP contribution < -0.4 is 0 Å². The summed E-state index contributed by atoms with van der Waals surface area (Å²) in [6.45, 7) is 0.539. The van der Waals surface area contributed by atoms with Crippen molar-refractivity contribution < 1.29 is 19.0 Å². The minimum absolute atomic E-state index is 0.0610. The van der Waals surface area contributed by atoms with Gasteiger partial charge in [0, 0.05) is 6.42 Å². The zero-order chi connectivity index (χ0) is 12.4. The van der Waals surface area contributed by atoms with Crippen molar-refractivity contribution in [1.82, 2.24) is 0 Å². The summed E-state index contributed by atoms with van der Waals surface area (Å²) in [5.41, 5.74) is 1.13. The Kier molecular flexibility index (Phi) is 3.30. The monoisotopic (exact) mass is 248 g/mol. The average molecular weight is 248 g/mol. The minimum atomic E-state index is -0.221. The summed E-state index contributed by atoms with van der Waals surface area (Å²) < 4.78 is 16.6. The van der Waals surface area contributed by atoms with E-state index in [1.54, 1.807) is 0 Å². The third kappa shape index (κ3) is 2.54. The third-order valence-corrected chi connectivity index (χ3v) is 3.36. The van der Waals surface area contributed by atoms with E-state index in [1.165, 1.54) is 0 Å². The van der Waals surface area contributed by atoms with E-state index in [4.69, 9.17) is 14.2 Å². The van der Waals surface area contributed by atoms with Gasteiger partial charge in [-0.25, -0.2) is 0 Å². The molecule has 0 bridgehead atoms. The fourth-order valence-corrected chi connectivity index (χ4v) is 2.42. The Labute approximate surface area is 106 Å². The molecule has 0 aromatic heterocycles. The summed E-state index contributed by atoms with van der Waals surface area (Å²) >= 11 is 0. The molecule has 2 saturated heterocycles. The first-order valence-corrected chi connectivity index (χ1v) is 6.32. The van der Waals surface area contributed by atoms with Crippen LogP contribution in [-0.4, -0.2) is 24.5 Å². The topological polar surface area (TPSA) is 44.8 Å². The summed E-state index contributed by atoms with van der Waals surface area (Å²) in [5.74, 6) is -0.159. The van der Waals surface area contributed by atoms with Crippen LogP contribution in [0.5, 0.6) is 0 Å². The van der Waals surface area contributed by atoms with Crippen molar-refractivity contribution in [2.75, 3.05) is 0 Å². The molecule has 0 unspecified atom stereocenters. The Morgan fingerprint density at radius 2 is 2.00 bits per heavy atom. The van der Waals surface area contributed by atoms with Crippen molar-refractivity contribution in [3.8, 4) is 0 Å². The second-order valence-electron chi connectivity index (χ2n) is 4.71. The van der Waals surface area contributed by atoms with E-state index in [-0.39, 0.29) is 24.5 Å². The number of carbonyl (C=O) groups is 1. The number of ether oxygens (including phenoxy) is 3. The van der Waals surface area contributed by atoms with Crippen molar-refractivity contribution >= 4 is 5.97 Å². The van der Waals surface area contributed by atoms with Gasteiger partial charge in [-0.1, -0.05) is 30.3 Å². The molecule has 2 fully saturated rings. The van der Waals surface area contributed by atoms with E-state index >= 15 is 0 Å². The van der Waals surface area contributed by atoms with Crippen molar-refractivity contribution in [2.24, 2.45) is 0 Å². The van der Waals surface area contributed by atoms with E-state index in [0.717, 1.165) is 18.4 Å². The molecule has 3 atom stereocenters. The van der Waals surface area contributed by atoms with Gasteiger partial charge in [-0.05, 0) is 12.0 Å². The normalized spacial score (nSPS) is 30.9. The van der Waals surface area contributed by atoms with Gasteiger partial charge in [-0.3, -0.25) is 4.79 Å². The van der Waals surface area contributed by atoms with Gasteiger partial charge in [-0.2, -0.15) is 0 Å². The summed E-state index contributed by atoms with van der Waals surface area (Å²) in [4.78, 5) is 11.2. The van der Waals surface area contributed by atoms with E-state index in [0.29, 0.717) is 13.0 Å². The van der Waals surface area contributed by atoms with Crippen LogP contribution in [0.15, 0.2) is 30.3 Å². The molecule has 1 aromatic rings. The predicted molar refractivity (Wildman–Crippen MR) is 63.6 cm³/mol. The Hall–Kier alpha value is -1.39. The standard InChI is InChI=1S/C14H16O4/c15-13-8-12-11(17-13)6-7-14(18-12)16-9-10-4-2-1-3-5-10/h1-5,11-12,14H,6-9H2/t11-,12-,14+/m0/s1. The van der Waals surface area contributed by atoms with Crippen molar-refractivity contribution in [2.45, 2.75) is 44.4 Å². The second-order valence-corrected chi connectivity index (χ2v) is 4.71. The Balaban J connectivity index is 1.51. The fourth-order valence-electron chi connectivity index (χ4n) is 2.42. The number of fused-ring (bicyclic) bond motifs is 1. The van der Waals surface area contributed by atoms with Gasteiger partial charge in [0.1, 0.15) is 12.2 Å². The van der Waals surface area contributed by atoms with E-state index < -0.39 is 0 Å². The molecule has 4 nitrogen and oxygen atoms in total. The number of esters is 1. The van der Waals surface area contributed by atoms with Gasteiger partial charge in [0.25, 0.3) is 0 Å². The molecule has 0 radical (unpaired) electrons. The van der Waals surface area contributed by atoms with E-state index in [1.807, 2.05) is 30.3 Å². The van der Waals surface area contributed by atoms with E-state index in [2.05, 4.69) is 0 Å². The molecule has 0 amide bonds. The van der Waals surface area contributed by atoms with Crippen molar-refractivity contribution in [3.05, 3.63) is 35.9 Å². The summed E-state index contributed by atoms with van der Waals surface area (Å²) in [5, 5.41) is 0. The van der Waals surface area contributed by atoms with Crippen LogP contribution in [0.3, 0.4) is 0 Å². The highest BCUT2D eigenvalue weighted by molar-refractivity contribution is 5.72. The van der Waals surface area contributed by atoms with Gasteiger partial charge in [0.2, 0.25) is 0 Å². The first-order valence-electron chi connectivity index (χ1n) is 6.32. The van der Waals surface area contributed by atoms with Crippen LogP contribution >= 0.6 is 0 Å². The first kappa shape index (κ1) is 11.7. The molecule has 0 saturated carbocycles. The van der Waals surface area contributed by atoms with Crippen LogP contribution in [0.4, 0.5) is 0 Å². The molecule has 4 heteroatoms. The Bertz CT molecular complexity index is 417. The number of benzene rings is 1. The average Bonchev–Trinajstić information content (AvgIpc) is 2.77. The van der Waals surface area contributed by atoms with Gasteiger partial charge < -0.3 is 14.2 Å². The highest BCUT2D eigenvalue weighted by Gasteiger charge is 2.40. The van der Waals surface area contributed by atoms with E-state index in [9.17, 15) is 4.79 Å². The Morgan fingerprint density at radius 1 is 1.17 bits per heavy atom. The molecular weight excluding hydrogens is 232 g/mol. The molecule has 1 aromatic carbocycles. The Morgan fingerprint density at radius 3 is 2.83 bits per heavy atom. The molecule has 2 heterocycles. The largest absolute Gasteiger partial charge is 0.459 e. The lowest BCUT2D eigenvalue weighted by Gasteiger charge is -2.30. The molecule has 18 heavy (non-hydrogen) atoms. The maximum atomic E-state index is 11.2. The molecule has 2 aliphatic rings. The molecule has 3 rings (SSSR count). The van der Waals surface area contributed by atoms with Crippen LogP contribution in [0, 0.1) is 0 Å². The lowest BCUT2D eigenvalue weighted by molar-refractivity contribution is -0.214. The quantitative estimate of drug-likeness (QED) is 0.768. The van der Waals surface area contributed by atoms with Gasteiger partial charge in [0.15, 0.2) is 6.29 Å². The number of carbonyl (C=O) groups excluding carboxylic acids is 1. The zero-order valence-electron chi connectivity index (χ0n) is 10.1. The molecule has 2 aliphatic heterocycles. The van der Waals surface area contributed by atoms with Gasteiger partial charge in [-0.15, -0.1) is 0 Å². The lowest BCUT2D eigenvalue weighted by Crippen LogP contribution is -2.36. The number of hydrogen-bond donors (Lipinski definition) is 0. The summed E-state index contributed by atoms with van der Waals surface area (Å²) in [7, 11) is 0. The van der Waals surface area contributed by atoms with Gasteiger partial charge >= 0.3 is 5.97 Å². The molecule has 96 valence electrons. The molecular formula is C14H16O4. The lowest BCUT2D eigenvalue weighted by atomic mass is 10.0. The SMILES string of the molecule is O=C1C[C@@H]2O[C@@H](OCc3ccccc3)CC[C@@H]2O1. The van der Waals surface area contributed by atoms with Crippen LogP contribution in [0.25, 0.3) is 0 Å². The number of rotatable bonds is 3.